The first-order valence-electron chi connectivity index (χ1n) is 4.98. The Morgan fingerprint density at radius 3 is 2.86 bits per heavy atom. The normalized spacial score (nSPS) is 28.6. The van der Waals surface area contributed by atoms with E-state index < -0.39 is 0 Å². The maximum Gasteiger partial charge on any atom is 0.164 e. The van der Waals surface area contributed by atoms with Gasteiger partial charge in [0.2, 0.25) is 0 Å². The highest BCUT2D eigenvalue weighted by Gasteiger charge is 2.35. The molecule has 2 unspecified atom stereocenters. The van der Waals surface area contributed by atoms with Gasteiger partial charge in [-0.15, -0.1) is 0 Å². The Bertz CT molecular complexity index is 364. The van der Waals surface area contributed by atoms with Crippen LogP contribution in [0.15, 0.2) is 18.2 Å². The quantitative estimate of drug-likeness (QED) is 0.666. The van der Waals surface area contributed by atoms with Crippen LogP contribution in [0.2, 0.25) is 0 Å². The molecule has 1 N–H and O–H groups in total. The van der Waals surface area contributed by atoms with Crippen LogP contribution in [0.25, 0.3) is 0 Å². The molecule has 14 heavy (non-hydrogen) atoms. The number of nitrogens with one attached hydrogen (secondary N) is 1. The van der Waals surface area contributed by atoms with Gasteiger partial charge in [-0.1, -0.05) is 12.1 Å². The number of aryl methyl sites for hydroxylation is 1. The largest absolute Gasteiger partial charge is 0.481 e. The molecule has 2 aliphatic heterocycles. The van der Waals surface area contributed by atoms with E-state index in [0.717, 1.165) is 30.2 Å². The molecule has 0 bridgehead atoms. The number of ether oxygens (including phenoxy) is 2. The minimum atomic E-state index is 0.184. The standard InChI is InChI=1S/C11H13NO2/c1-7-3-2-4-8-11(7)14-10-6-12-5-9(10)13-8/h2-4,9-10,12H,5-6H2,1H3. The van der Waals surface area contributed by atoms with Crippen LogP contribution in [0.1, 0.15) is 5.56 Å². The zero-order valence-corrected chi connectivity index (χ0v) is 8.12. The van der Waals surface area contributed by atoms with Crippen molar-refractivity contribution >= 4 is 0 Å². The van der Waals surface area contributed by atoms with Gasteiger partial charge in [0.05, 0.1) is 0 Å². The van der Waals surface area contributed by atoms with Gasteiger partial charge in [0, 0.05) is 13.1 Å². The van der Waals surface area contributed by atoms with Gasteiger partial charge in [-0.25, -0.2) is 0 Å². The zero-order chi connectivity index (χ0) is 9.54. The van der Waals surface area contributed by atoms with Gasteiger partial charge in [-0.3, -0.25) is 0 Å². The first-order chi connectivity index (χ1) is 6.84. The Morgan fingerprint density at radius 2 is 2.00 bits per heavy atom. The van der Waals surface area contributed by atoms with E-state index in [1.165, 1.54) is 0 Å². The fraction of sp³-hybridized carbons (Fsp3) is 0.455. The summed E-state index contributed by atoms with van der Waals surface area (Å²) in [5.41, 5.74) is 1.15. The highest BCUT2D eigenvalue weighted by Crippen LogP contribution is 2.37. The molecule has 3 rings (SSSR count). The average Bonchev–Trinajstić information content (AvgIpc) is 2.62. The van der Waals surface area contributed by atoms with Crippen LogP contribution >= 0.6 is 0 Å². The molecule has 1 fully saturated rings. The topological polar surface area (TPSA) is 30.5 Å². The lowest BCUT2D eigenvalue weighted by atomic mass is 10.1. The molecular weight excluding hydrogens is 178 g/mol. The molecule has 3 nitrogen and oxygen atoms in total. The molecule has 0 aromatic heterocycles. The zero-order valence-electron chi connectivity index (χ0n) is 8.12. The van der Waals surface area contributed by atoms with Gasteiger partial charge in [0.1, 0.15) is 12.2 Å². The number of benzene rings is 1. The average molecular weight is 191 g/mol. The Labute approximate surface area is 83.0 Å². The van der Waals surface area contributed by atoms with Crippen molar-refractivity contribution in [2.45, 2.75) is 19.1 Å². The van der Waals surface area contributed by atoms with Gasteiger partial charge in [0.25, 0.3) is 0 Å². The number of hydrogen-bond acceptors (Lipinski definition) is 3. The summed E-state index contributed by atoms with van der Waals surface area (Å²) in [7, 11) is 0. The van der Waals surface area contributed by atoms with Gasteiger partial charge < -0.3 is 14.8 Å². The van der Waals surface area contributed by atoms with E-state index in [9.17, 15) is 0 Å². The Hall–Kier alpha value is -1.22. The van der Waals surface area contributed by atoms with Gasteiger partial charge in [-0.2, -0.15) is 0 Å². The summed E-state index contributed by atoms with van der Waals surface area (Å²) < 4.78 is 11.7. The second kappa shape index (κ2) is 2.89. The molecular formula is C11H13NO2. The molecule has 3 heteroatoms. The predicted molar refractivity (Wildman–Crippen MR) is 52.9 cm³/mol. The molecule has 1 aromatic rings. The molecule has 1 aromatic carbocycles. The SMILES string of the molecule is Cc1cccc2c1OC1CNCC1O2. The summed E-state index contributed by atoms with van der Waals surface area (Å²) in [4.78, 5) is 0. The highest BCUT2D eigenvalue weighted by molar-refractivity contribution is 5.47. The number of rotatable bonds is 0. The van der Waals surface area contributed by atoms with Crippen LogP contribution in [0.5, 0.6) is 11.5 Å². The fourth-order valence-corrected chi connectivity index (χ4v) is 2.05. The van der Waals surface area contributed by atoms with Crippen molar-refractivity contribution in [1.29, 1.82) is 0 Å². The van der Waals surface area contributed by atoms with E-state index in [2.05, 4.69) is 5.32 Å². The van der Waals surface area contributed by atoms with E-state index in [1.54, 1.807) is 0 Å². The van der Waals surface area contributed by atoms with Crippen LogP contribution in [0.3, 0.4) is 0 Å². The molecule has 1 saturated heterocycles. The second-order valence-electron chi connectivity index (χ2n) is 3.87. The molecule has 2 atom stereocenters. The molecule has 74 valence electrons. The summed E-state index contributed by atoms with van der Waals surface area (Å²) in [6.07, 6.45) is 0.368. The lowest BCUT2D eigenvalue weighted by Crippen LogP contribution is -2.38. The minimum Gasteiger partial charge on any atom is -0.481 e. The van der Waals surface area contributed by atoms with Gasteiger partial charge in [-0.05, 0) is 18.6 Å². The summed E-state index contributed by atoms with van der Waals surface area (Å²) in [5.74, 6) is 1.80. The number of hydrogen-bond donors (Lipinski definition) is 1. The summed E-state index contributed by atoms with van der Waals surface area (Å²) >= 11 is 0. The first kappa shape index (κ1) is 8.12. The van der Waals surface area contributed by atoms with Crippen molar-refractivity contribution in [1.82, 2.24) is 5.32 Å². The van der Waals surface area contributed by atoms with Crippen molar-refractivity contribution < 1.29 is 9.47 Å². The van der Waals surface area contributed by atoms with E-state index >= 15 is 0 Å². The molecule has 2 heterocycles. The lowest BCUT2D eigenvalue weighted by Gasteiger charge is -2.29. The molecule has 0 aliphatic carbocycles. The molecule has 0 saturated carbocycles. The van der Waals surface area contributed by atoms with Crippen molar-refractivity contribution in [3.8, 4) is 11.5 Å². The lowest BCUT2D eigenvalue weighted by molar-refractivity contribution is 0.0545. The second-order valence-corrected chi connectivity index (χ2v) is 3.87. The van der Waals surface area contributed by atoms with Crippen LogP contribution < -0.4 is 14.8 Å². The maximum atomic E-state index is 5.90. The van der Waals surface area contributed by atoms with Gasteiger partial charge >= 0.3 is 0 Å². The summed E-state index contributed by atoms with van der Waals surface area (Å²) in [5, 5.41) is 3.27. The highest BCUT2D eigenvalue weighted by atomic mass is 16.6. The molecule has 2 aliphatic rings. The Balaban J connectivity index is 2.01. The van der Waals surface area contributed by atoms with Gasteiger partial charge in [0.15, 0.2) is 11.5 Å². The Kier molecular flexibility index (Phi) is 1.67. The van der Waals surface area contributed by atoms with Crippen LogP contribution in [0.4, 0.5) is 0 Å². The first-order valence-corrected chi connectivity index (χ1v) is 4.98. The van der Waals surface area contributed by atoms with Crippen molar-refractivity contribution in [2.75, 3.05) is 13.1 Å². The summed E-state index contributed by atoms with van der Waals surface area (Å²) in [6, 6.07) is 6.02. The third kappa shape index (κ3) is 1.09. The summed E-state index contributed by atoms with van der Waals surface area (Å²) in [6.45, 7) is 3.82. The van der Waals surface area contributed by atoms with E-state index in [-0.39, 0.29) is 12.2 Å². The molecule has 0 amide bonds. The van der Waals surface area contributed by atoms with Crippen molar-refractivity contribution in [2.24, 2.45) is 0 Å². The number of para-hydroxylation sites is 1. The van der Waals surface area contributed by atoms with E-state index in [0.29, 0.717) is 0 Å². The van der Waals surface area contributed by atoms with E-state index in [4.69, 9.17) is 9.47 Å². The van der Waals surface area contributed by atoms with Crippen LogP contribution in [-0.4, -0.2) is 25.3 Å². The number of fused-ring (bicyclic) bond motifs is 2. The molecule has 0 radical (unpaired) electrons. The van der Waals surface area contributed by atoms with Crippen molar-refractivity contribution in [3.05, 3.63) is 23.8 Å². The molecule has 0 spiro atoms. The van der Waals surface area contributed by atoms with Crippen molar-refractivity contribution in [3.63, 3.8) is 0 Å². The predicted octanol–water partition coefficient (Wildman–Crippen LogP) is 1.11. The minimum absolute atomic E-state index is 0.184. The Morgan fingerprint density at radius 1 is 1.21 bits per heavy atom. The third-order valence-electron chi connectivity index (χ3n) is 2.83. The maximum absolute atomic E-state index is 5.90. The monoisotopic (exact) mass is 191 g/mol. The smallest absolute Gasteiger partial charge is 0.164 e. The van der Waals surface area contributed by atoms with Crippen LogP contribution in [0, 0.1) is 6.92 Å². The van der Waals surface area contributed by atoms with Crippen LogP contribution in [-0.2, 0) is 0 Å². The fourth-order valence-electron chi connectivity index (χ4n) is 2.05. The van der Waals surface area contributed by atoms with E-state index in [1.807, 2.05) is 25.1 Å². The third-order valence-corrected chi connectivity index (χ3v) is 2.83.